The minimum absolute atomic E-state index is 0.0203. The molecule has 0 fully saturated rings. The lowest BCUT2D eigenvalue weighted by Gasteiger charge is -2.38. The van der Waals surface area contributed by atoms with E-state index in [0.29, 0.717) is 54.5 Å². The fourth-order valence-corrected chi connectivity index (χ4v) is 5.72. The minimum Gasteiger partial charge on any atom is -0.494 e. The number of rotatable bonds is 1. The second-order valence-corrected chi connectivity index (χ2v) is 10.2. The topological polar surface area (TPSA) is 93.7 Å². The van der Waals surface area contributed by atoms with Crippen molar-refractivity contribution in [1.82, 2.24) is 20.2 Å². The highest BCUT2D eigenvalue weighted by atomic mass is 32.1. The van der Waals surface area contributed by atoms with Crippen LogP contribution in [0.4, 0.5) is 0 Å². The van der Waals surface area contributed by atoms with E-state index < -0.39 is 0 Å². The molecule has 38 heavy (non-hydrogen) atoms. The number of hydrogen-bond donors (Lipinski definition) is 1. The van der Waals surface area contributed by atoms with E-state index in [0.717, 1.165) is 28.1 Å². The number of aromatic nitrogens is 2. The fraction of sp³-hybridized carbons (Fsp3) is 0.241. The molecular formula is C29H26N4O4S. The molecule has 2 aromatic heterocycles. The Hall–Kier alpha value is -4.24. The van der Waals surface area contributed by atoms with Crippen molar-refractivity contribution >= 4 is 23.2 Å². The van der Waals surface area contributed by atoms with Crippen molar-refractivity contribution in [2.45, 2.75) is 25.8 Å². The van der Waals surface area contributed by atoms with E-state index in [1.54, 1.807) is 17.8 Å². The third-order valence-electron chi connectivity index (χ3n) is 6.80. The van der Waals surface area contributed by atoms with Gasteiger partial charge in [0.05, 0.1) is 35.6 Å². The number of benzene rings is 2. The Morgan fingerprint density at radius 3 is 2.89 bits per heavy atom. The van der Waals surface area contributed by atoms with Crippen molar-refractivity contribution in [2.24, 2.45) is 0 Å². The molecule has 192 valence electrons. The molecule has 1 N–H and O–H groups in total. The van der Waals surface area contributed by atoms with Crippen LogP contribution in [0.25, 0.3) is 0 Å². The summed E-state index contributed by atoms with van der Waals surface area (Å²) in [7, 11) is 0. The number of pyridine rings is 1. The summed E-state index contributed by atoms with van der Waals surface area (Å²) >= 11 is 1.37. The van der Waals surface area contributed by atoms with Gasteiger partial charge in [0.2, 0.25) is 0 Å². The van der Waals surface area contributed by atoms with Crippen LogP contribution >= 0.6 is 11.3 Å². The van der Waals surface area contributed by atoms with Crippen LogP contribution in [-0.2, 0) is 6.42 Å². The Morgan fingerprint density at radius 1 is 1.11 bits per heavy atom. The summed E-state index contributed by atoms with van der Waals surface area (Å²) in [6.45, 7) is 3.33. The molecule has 8 nitrogen and oxygen atoms in total. The first kappa shape index (κ1) is 24.1. The molecule has 3 aliphatic heterocycles. The number of carbonyl (C=O) groups is 2. The second kappa shape index (κ2) is 10.3. The van der Waals surface area contributed by atoms with Crippen molar-refractivity contribution < 1.29 is 19.1 Å². The summed E-state index contributed by atoms with van der Waals surface area (Å²) in [5.74, 6) is 1.63. The Bertz CT molecular complexity index is 1520. The summed E-state index contributed by atoms with van der Waals surface area (Å²) < 4.78 is 12.1. The monoisotopic (exact) mass is 526 g/mol. The molecule has 2 aromatic carbocycles. The fourth-order valence-electron chi connectivity index (χ4n) is 4.96. The molecule has 9 heteroatoms. The van der Waals surface area contributed by atoms with E-state index in [-0.39, 0.29) is 17.9 Å². The molecule has 7 rings (SSSR count). The highest BCUT2D eigenvalue weighted by molar-refractivity contribution is 7.11. The quantitative estimate of drug-likeness (QED) is 0.378. The molecule has 0 aliphatic carbocycles. The van der Waals surface area contributed by atoms with Gasteiger partial charge in [-0.25, -0.2) is 4.98 Å². The van der Waals surface area contributed by atoms with Gasteiger partial charge in [0.1, 0.15) is 22.1 Å². The summed E-state index contributed by atoms with van der Waals surface area (Å²) in [4.78, 5) is 37.4. The lowest BCUT2D eigenvalue weighted by Crippen LogP contribution is -2.40. The van der Waals surface area contributed by atoms with E-state index in [4.69, 9.17) is 9.47 Å². The van der Waals surface area contributed by atoms with Gasteiger partial charge in [-0.05, 0) is 66.8 Å². The Morgan fingerprint density at radius 2 is 2.03 bits per heavy atom. The van der Waals surface area contributed by atoms with E-state index in [9.17, 15) is 9.59 Å². The number of hydrogen-bond acceptors (Lipinski definition) is 7. The lowest BCUT2D eigenvalue weighted by atomic mass is 9.87. The van der Waals surface area contributed by atoms with Crippen LogP contribution in [0.1, 0.15) is 54.9 Å². The Labute approximate surface area is 224 Å². The van der Waals surface area contributed by atoms with Gasteiger partial charge in [0, 0.05) is 19.3 Å². The van der Waals surface area contributed by atoms with Crippen LogP contribution in [0.3, 0.4) is 0 Å². The van der Waals surface area contributed by atoms with Crippen molar-refractivity contribution in [3.63, 3.8) is 0 Å². The average molecular weight is 527 g/mol. The first-order valence-electron chi connectivity index (χ1n) is 12.5. The van der Waals surface area contributed by atoms with E-state index in [2.05, 4.69) is 15.3 Å². The van der Waals surface area contributed by atoms with Crippen molar-refractivity contribution in [3.05, 3.63) is 99.3 Å². The van der Waals surface area contributed by atoms with E-state index >= 15 is 0 Å². The van der Waals surface area contributed by atoms with Gasteiger partial charge in [0.15, 0.2) is 0 Å². The van der Waals surface area contributed by atoms with Gasteiger partial charge in [-0.1, -0.05) is 18.2 Å². The molecule has 3 aliphatic rings. The van der Waals surface area contributed by atoms with Crippen LogP contribution in [0, 0.1) is 6.92 Å². The molecule has 1 unspecified atom stereocenters. The maximum absolute atomic E-state index is 13.7. The van der Waals surface area contributed by atoms with Crippen LogP contribution in [-0.4, -0.2) is 46.4 Å². The highest BCUT2D eigenvalue weighted by Gasteiger charge is 2.34. The van der Waals surface area contributed by atoms with Gasteiger partial charge in [0.25, 0.3) is 11.8 Å². The summed E-state index contributed by atoms with van der Waals surface area (Å²) in [6.07, 6.45) is 4.44. The molecule has 2 amide bonds. The second-order valence-electron chi connectivity index (χ2n) is 9.32. The van der Waals surface area contributed by atoms with Crippen LogP contribution in [0.5, 0.6) is 17.2 Å². The number of fused-ring (bicyclic) bond motifs is 6. The lowest BCUT2D eigenvalue weighted by molar-refractivity contribution is 0.0698. The van der Waals surface area contributed by atoms with Crippen LogP contribution < -0.4 is 14.8 Å². The number of thiazole rings is 1. The van der Waals surface area contributed by atoms with Crippen LogP contribution in [0.15, 0.2) is 66.4 Å². The minimum atomic E-state index is -0.284. The molecule has 0 radical (unpaired) electrons. The SMILES string of the molecule is Cc1ncsc1C(=O)N1CCc2cc3ccc2C1c1cccc(c1)OCCCNC(=O)c1cncc(c1)O3. The molecule has 1 atom stereocenters. The number of carbonyl (C=O) groups excluding carboxylic acids is 2. The standard InChI is InChI=1S/C29H26N4O4S/c1-18-27(38-17-32-18)29(35)33-10-8-19-12-23-6-7-25(19)26(33)20-4-2-5-22(13-20)36-11-3-9-31-28(34)21-14-24(37-23)16-30-15-21/h2,4-7,12-17,26H,3,8-11H2,1H3,(H,31,34). The summed E-state index contributed by atoms with van der Waals surface area (Å²) in [5, 5.41) is 2.90. The zero-order valence-corrected chi connectivity index (χ0v) is 21.7. The normalized spacial score (nSPS) is 17.0. The zero-order valence-electron chi connectivity index (χ0n) is 20.8. The molecule has 8 bridgehead atoms. The smallest absolute Gasteiger partial charge is 0.266 e. The molecule has 5 heterocycles. The van der Waals surface area contributed by atoms with E-state index in [1.165, 1.54) is 17.5 Å². The Balaban J connectivity index is 1.43. The van der Waals surface area contributed by atoms with Gasteiger partial charge >= 0.3 is 0 Å². The van der Waals surface area contributed by atoms with Crippen molar-refractivity contribution in [3.8, 4) is 17.2 Å². The molecular weight excluding hydrogens is 500 g/mol. The highest BCUT2D eigenvalue weighted by Crippen LogP contribution is 2.39. The third kappa shape index (κ3) is 4.72. The summed E-state index contributed by atoms with van der Waals surface area (Å²) in [6, 6.07) is 15.2. The third-order valence-corrected chi connectivity index (χ3v) is 7.72. The molecule has 0 saturated carbocycles. The first-order valence-corrected chi connectivity index (χ1v) is 13.4. The van der Waals surface area contributed by atoms with Gasteiger partial charge in [-0.2, -0.15) is 0 Å². The van der Waals surface area contributed by atoms with Crippen molar-refractivity contribution in [2.75, 3.05) is 19.7 Å². The summed E-state index contributed by atoms with van der Waals surface area (Å²) in [5.41, 5.74) is 6.02. The molecule has 4 aromatic rings. The van der Waals surface area contributed by atoms with Gasteiger partial charge in [-0.3, -0.25) is 14.6 Å². The van der Waals surface area contributed by atoms with Gasteiger partial charge < -0.3 is 19.7 Å². The predicted octanol–water partition coefficient (Wildman–Crippen LogP) is 4.94. The number of aryl methyl sites for hydroxylation is 1. The number of nitrogens with one attached hydrogen (secondary N) is 1. The number of nitrogens with zero attached hydrogens (tertiary/aromatic N) is 3. The zero-order chi connectivity index (χ0) is 26.1. The maximum Gasteiger partial charge on any atom is 0.266 e. The predicted molar refractivity (Wildman–Crippen MR) is 143 cm³/mol. The first-order chi connectivity index (χ1) is 18.6. The largest absolute Gasteiger partial charge is 0.494 e. The van der Waals surface area contributed by atoms with Crippen LogP contribution in [0.2, 0.25) is 0 Å². The molecule has 0 saturated heterocycles. The van der Waals surface area contributed by atoms with E-state index in [1.807, 2.05) is 54.3 Å². The van der Waals surface area contributed by atoms with Crippen molar-refractivity contribution in [1.29, 1.82) is 0 Å². The Kier molecular flexibility index (Phi) is 6.51. The molecule has 0 spiro atoms. The number of ether oxygens (including phenoxy) is 2. The van der Waals surface area contributed by atoms with Gasteiger partial charge in [-0.15, -0.1) is 11.3 Å². The number of amides is 2. The average Bonchev–Trinajstić information content (AvgIpc) is 3.37. The maximum atomic E-state index is 13.7.